The number of anilines is 1. The topological polar surface area (TPSA) is 84.3 Å². The lowest BCUT2D eigenvalue weighted by Gasteiger charge is -2.18. The molecule has 3 rings (SSSR count). The van der Waals surface area contributed by atoms with Gasteiger partial charge < -0.3 is 9.88 Å². The Morgan fingerprint density at radius 3 is 2.41 bits per heavy atom. The monoisotopic (exact) mass is 456 g/mol. The van der Waals surface area contributed by atoms with Crippen LogP contribution < -0.4 is 5.32 Å². The molecule has 172 valence electrons. The van der Waals surface area contributed by atoms with Crippen molar-refractivity contribution in [2.24, 2.45) is 0 Å². The summed E-state index contributed by atoms with van der Waals surface area (Å²) < 4.78 is 29.2. The van der Waals surface area contributed by atoms with E-state index in [1.54, 1.807) is 18.2 Å². The van der Waals surface area contributed by atoms with E-state index >= 15 is 0 Å². The molecule has 0 aliphatic rings. The summed E-state index contributed by atoms with van der Waals surface area (Å²) in [5.41, 5.74) is 4.50. The highest BCUT2D eigenvalue weighted by Crippen LogP contribution is 2.24. The first kappa shape index (κ1) is 23.9. The average Bonchev–Trinajstić information content (AvgIpc) is 3.11. The summed E-state index contributed by atoms with van der Waals surface area (Å²) in [6.45, 7) is 11.2. The molecule has 0 atom stereocenters. The number of sulfonamides is 1. The number of rotatable bonds is 9. The number of imidazole rings is 1. The van der Waals surface area contributed by atoms with Crippen LogP contribution in [-0.4, -0.2) is 41.3 Å². The van der Waals surface area contributed by atoms with Gasteiger partial charge in [0.2, 0.25) is 15.9 Å². The van der Waals surface area contributed by atoms with Crippen LogP contribution >= 0.6 is 0 Å². The van der Waals surface area contributed by atoms with Gasteiger partial charge in [0.15, 0.2) is 0 Å². The first-order chi connectivity index (χ1) is 15.2. The van der Waals surface area contributed by atoms with Crippen LogP contribution in [0.15, 0.2) is 41.3 Å². The predicted octanol–water partition coefficient (Wildman–Crippen LogP) is 4.27. The normalized spacial score (nSPS) is 11.9. The molecule has 0 saturated heterocycles. The van der Waals surface area contributed by atoms with Crippen molar-refractivity contribution in [3.8, 4) is 0 Å². The van der Waals surface area contributed by atoms with Crippen LogP contribution in [0.2, 0.25) is 0 Å². The van der Waals surface area contributed by atoms with Gasteiger partial charge in [-0.05, 0) is 50.6 Å². The minimum atomic E-state index is -3.55. The maximum absolute atomic E-state index is 12.9. The van der Waals surface area contributed by atoms with Crippen LogP contribution in [0.3, 0.4) is 0 Å². The molecule has 1 aromatic heterocycles. The van der Waals surface area contributed by atoms with Crippen LogP contribution in [0.4, 0.5) is 5.69 Å². The van der Waals surface area contributed by atoms with Gasteiger partial charge >= 0.3 is 0 Å². The van der Waals surface area contributed by atoms with Crippen molar-refractivity contribution in [2.45, 2.75) is 58.9 Å². The largest absolute Gasteiger partial charge is 0.328 e. The molecule has 8 heteroatoms. The van der Waals surface area contributed by atoms with Gasteiger partial charge in [0, 0.05) is 38.2 Å². The molecule has 0 radical (unpaired) electrons. The van der Waals surface area contributed by atoms with E-state index < -0.39 is 10.0 Å². The number of hydrogen-bond donors (Lipinski definition) is 1. The summed E-state index contributed by atoms with van der Waals surface area (Å²) in [5, 5.41) is 2.97. The van der Waals surface area contributed by atoms with Gasteiger partial charge in [-0.15, -0.1) is 0 Å². The van der Waals surface area contributed by atoms with Crippen molar-refractivity contribution in [3.05, 3.63) is 53.3 Å². The van der Waals surface area contributed by atoms with E-state index in [2.05, 4.69) is 10.3 Å². The number of amides is 1. The minimum Gasteiger partial charge on any atom is -0.328 e. The highest BCUT2D eigenvalue weighted by Gasteiger charge is 2.23. The van der Waals surface area contributed by atoms with Gasteiger partial charge in [-0.1, -0.05) is 31.5 Å². The number of carbonyl (C=O) groups excluding carboxylic acids is 1. The molecule has 0 spiro atoms. The smallest absolute Gasteiger partial charge is 0.243 e. The van der Waals surface area contributed by atoms with Gasteiger partial charge in [0.1, 0.15) is 5.82 Å². The summed E-state index contributed by atoms with van der Waals surface area (Å²) in [7, 11) is -3.55. The molecule has 32 heavy (non-hydrogen) atoms. The molecular formula is C24H32N4O3S. The summed E-state index contributed by atoms with van der Waals surface area (Å²) in [6, 6.07) is 11.0. The molecule has 1 heterocycles. The van der Waals surface area contributed by atoms with E-state index in [9.17, 15) is 13.2 Å². The fraction of sp³-hybridized carbons (Fsp3) is 0.417. The Morgan fingerprint density at radius 2 is 1.78 bits per heavy atom. The van der Waals surface area contributed by atoms with E-state index in [-0.39, 0.29) is 10.8 Å². The van der Waals surface area contributed by atoms with Crippen molar-refractivity contribution in [1.29, 1.82) is 0 Å². The summed E-state index contributed by atoms with van der Waals surface area (Å²) in [4.78, 5) is 17.5. The quantitative estimate of drug-likeness (QED) is 0.521. The SMILES string of the molecule is CCN(CC)S(=O)(=O)c1ccc2c(c1)nc(CCC(=O)Nc1ccc(C)cc1C)n2CC. The third-order valence-electron chi connectivity index (χ3n) is 5.69. The second-order valence-corrected chi connectivity index (χ2v) is 9.82. The lowest BCUT2D eigenvalue weighted by atomic mass is 10.1. The van der Waals surface area contributed by atoms with Crippen LogP contribution in [0.5, 0.6) is 0 Å². The molecule has 1 N–H and O–H groups in total. The number of nitrogens with one attached hydrogen (secondary N) is 1. The lowest BCUT2D eigenvalue weighted by Crippen LogP contribution is -2.30. The third kappa shape index (κ3) is 4.86. The van der Waals surface area contributed by atoms with Crippen LogP contribution in [0, 0.1) is 13.8 Å². The van der Waals surface area contributed by atoms with Gasteiger partial charge in [-0.2, -0.15) is 4.31 Å². The molecular weight excluding hydrogens is 424 g/mol. The summed E-state index contributed by atoms with van der Waals surface area (Å²) >= 11 is 0. The first-order valence-electron chi connectivity index (χ1n) is 11.1. The van der Waals surface area contributed by atoms with Gasteiger partial charge in [-0.25, -0.2) is 13.4 Å². The van der Waals surface area contributed by atoms with Crippen molar-refractivity contribution >= 4 is 32.7 Å². The van der Waals surface area contributed by atoms with E-state index in [0.717, 1.165) is 28.2 Å². The molecule has 0 unspecified atom stereocenters. The fourth-order valence-corrected chi connectivity index (χ4v) is 5.45. The highest BCUT2D eigenvalue weighted by atomic mass is 32.2. The second-order valence-electron chi connectivity index (χ2n) is 7.88. The number of carbonyl (C=O) groups is 1. The molecule has 0 saturated carbocycles. The molecule has 1 amide bonds. The maximum atomic E-state index is 12.9. The Labute approximate surface area is 190 Å². The zero-order chi connectivity index (χ0) is 23.5. The average molecular weight is 457 g/mol. The number of benzene rings is 2. The molecule has 7 nitrogen and oxygen atoms in total. The lowest BCUT2D eigenvalue weighted by molar-refractivity contribution is -0.116. The Bertz CT molecular complexity index is 1230. The third-order valence-corrected chi connectivity index (χ3v) is 7.74. The Balaban J connectivity index is 1.81. The molecule has 2 aromatic carbocycles. The molecule has 0 bridgehead atoms. The van der Waals surface area contributed by atoms with E-state index in [1.807, 2.05) is 57.4 Å². The number of aromatic nitrogens is 2. The molecule has 0 aliphatic heterocycles. The predicted molar refractivity (Wildman–Crippen MR) is 128 cm³/mol. The summed E-state index contributed by atoms with van der Waals surface area (Å²) in [5.74, 6) is 0.701. The van der Waals surface area contributed by atoms with Crippen LogP contribution in [-0.2, 0) is 27.8 Å². The zero-order valence-electron chi connectivity index (χ0n) is 19.5. The Morgan fingerprint density at radius 1 is 1.06 bits per heavy atom. The maximum Gasteiger partial charge on any atom is 0.243 e. The molecule has 0 aliphatic carbocycles. The number of fused-ring (bicyclic) bond motifs is 1. The second kappa shape index (κ2) is 9.83. The Kier molecular flexibility index (Phi) is 7.36. The van der Waals surface area contributed by atoms with E-state index in [1.165, 1.54) is 4.31 Å². The van der Waals surface area contributed by atoms with Crippen molar-refractivity contribution < 1.29 is 13.2 Å². The minimum absolute atomic E-state index is 0.0727. The van der Waals surface area contributed by atoms with E-state index in [4.69, 9.17) is 0 Å². The highest BCUT2D eigenvalue weighted by molar-refractivity contribution is 7.89. The van der Waals surface area contributed by atoms with Crippen molar-refractivity contribution in [2.75, 3.05) is 18.4 Å². The summed E-state index contributed by atoms with van der Waals surface area (Å²) in [6.07, 6.45) is 0.763. The zero-order valence-corrected chi connectivity index (χ0v) is 20.3. The van der Waals surface area contributed by atoms with E-state index in [0.29, 0.717) is 38.0 Å². The van der Waals surface area contributed by atoms with Gasteiger partial charge in [-0.3, -0.25) is 4.79 Å². The Hall–Kier alpha value is -2.71. The number of nitrogens with zero attached hydrogens (tertiary/aromatic N) is 3. The number of hydrogen-bond acceptors (Lipinski definition) is 4. The molecule has 0 fully saturated rings. The first-order valence-corrected chi connectivity index (χ1v) is 12.5. The standard InChI is InChI=1S/C24H32N4O3S/c1-6-27(7-2)32(30,31)19-10-12-22-21(16-19)25-23(28(22)8-3)13-14-24(29)26-20-11-9-17(4)15-18(20)5/h9-12,15-16H,6-8,13-14H2,1-5H3,(H,26,29). The van der Waals surface area contributed by atoms with Crippen molar-refractivity contribution in [3.63, 3.8) is 0 Å². The van der Waals surface area contributed by atoms with Gasteiger partial charge in [0.05, 0.1) is 15.9 Å². The van der Waals surface area contributed by atoms with Crippen molar-refractivity contribution in [1.82, 2.24) is 13.9 Å². The van der Waals surface area contributed by atoms with Gasteiger partial charge in [0.25, 0.3) is 0 Å². The van der Waals surface area contributed by atoms with Crippen LogP contribution in [0.1, 0.15) is 44.1 Å². The van der Waals surface area contributed by atoms with Crippen LogP contribution in [0.25, 0.3) is 11.0 Å². The number of aryl methyl sites for hydroxylation is 4. The fourth-order valence-electron chi connectivity index (χ4n) is 3.97. The molecule has 3 aromatic rings.